The first-order chi connectivity index (χ1) is 12.0. The standard InChI is InChI=1S/C20H18O5/c1-12(2)18-16(24-11-23-3)10-17-19(20(18)22)14(21)9-15(25-17)13-7-5-4-6-8-13/h4-10,22H,1,11H2,2-3H3. The van der Waals surface area contributed by atoms with E-state index in [1.54, 1.807) is 13.0 Å². The Hall–Kier alpha value is -3.05. The number of benzene rings is 2. The van der Waals surface area contributed by atoms with E-state index in [0.29, 0.717) is 22.6 Å². The predicted octanol–water partition coefficient (Wildman–Crippen LogP) is 4.18. The Labute approximate surface area is 144 Å². The molecule has 0 atom stereocenters. The summed E-state index contributed by atoms with van der Waals surface area (Å²) in [6.07, 6.45) is 0. The van der Waals surface area contributed by atoms with Crippen molar-refractivity contribution in [1.29, 1.82) is 0 Å². The van der Waals surface area contributed by atoms with Crippen LogP contribution in [0.15, 0.2) is 58.3 Å². The van der Waals surface area contributed by atoms with E-state index < -0.39 is 0 Å². The SMILES string of the molecule is C=C(C)c1c(OCOC)cc2oc(-c3ccccc3)cc(=O)c2c1O. The highest BCUT2D eigenvalue weighted by molar-refractivity contribution is 5.92. The number of methoxy groups -OCH3 is 1. The van der Waals surface area contributed by atoms with Crippen molar-refractivity contribution in [3.8, 4) is 22.8 Å². The lowest BCUT2D eigenvalue weighted by atomic mass is 10.0. The number of hydrogen-bond donors (Lipinski definition) is 1. The maximum atomic E-state index is 12.6. The van der Waals surface area contributed by atoms with E-state index in [1.165, 1.54) is 13.2 Å². The topological polar surface area (TPSA) is 68.9 Å². The molecule has 128 valence electrons. The molecule has 1 aromatic heterocycles. The van der Waals surface area contributed by atoms with Crippen LogP contribution in [0.3, 0.4) is 0 Å². The van der Waals surface area contributed by atoms with Crippen LogP contribution in [0.1, 0.15) is 12.5 Å². The zero-order chi connectivity index (χ0) is 18.0. The summed E-state index contributed by atoms with van der Waals surface area (Å²) in [6, 6.07) is 12.2. The summed E-state index contributed by atoms with van der Waals surface area (Å²) in [4.78, 5) is 12.6. The smallest absolute Gasteiger partial charge is 0.197 e. The average molecular weight is 338 g/mol. The Kier molecular flexibility index (Phi) is 4.59. The number of aromatic hydroxyl groups is 1. The molecule has 0 unspecified atom stereocenters. The third kappa shape index (κ3) is 3.14. The molecule has 0 spiro atoms. The lowest BCUT2D eigenvalue weighted by molar-refractivity contribution is 0.0508. The minimum absolute atomic E-state index is 0.00612. The van der Waals surface area contributed by atoms with E-state index in [4.69, 9.17) is 13.9 Å². The van der Waals surface area contributed by atoms with Crippen LogP contribution in [0.4, 0.5) is 0 Å². The van der Waals surface area contributed by atoms with E-state index in [0.717, 1.165) is 5.56 Å². The second kappa shape index (κ2) is 6.83. The molecule has 5 nitrogen and oxygen atoms in total. The summed E-state index contributed by atoms with van der Waals surface area (Å²) in [7, 11) is 1.50. The van der Waals surface area contributed by atoms with E-state index >= 15 is 0 Å². The fourth-order valence-corrected chi connectivity index (χ4v) is 2.67. The molecule has 3 aromatic rings. The van der Waals surface area contributed by atoms with Crippen molar-refractivity contribution < 1.29 is 19.0 Å². The number of ether oxygens (including phenoxy) is 2. The molecule has 0 fully saturated rings. The normalized spacial score (nSPS) is 10.8. The number of hydrogen-bond acceptors (Lipinski definition) is 5. The second-order valence-electron chi connectivity index (χ2n) is 5.64. The lowest BCUT2D eigenvalue weighted by Gasteiger charge is -2.14. The number of phenols is 1. The van der Waals surface area contributed by atoms with Gasteiger partial charge in [0.25, 0.3) is 0 Å². The van der Waals surface area contributed by atoms with Crippen LogP contribution in [-0.4, -0.2) is 19.0 Å². The molecular formula is C20H18O5. The van der Waals surface area contributed by atoms with Crippen molar-refractivity contribution in [2.24, 2.45) is 0 Å². The van der Waals surface area contributed by atoms with Crippen molar-refractivity contribution in [2.45, 2.75) is 6.92 Å². The minimum Gasteiger partial charge on any atom is -0.506 e. The first-order valence-corrected chi connectivity index (χ1v) is 7.69. The molecule has 0 radical (unpaired) electrons. The molecule has 25 heavy (non-hydrogen) atoms. The summed E-state index contributed by atoms with van der Waals surface area (Å²) >= 11 is 0. The summed E-state index contributed by atoms with van der Waals surface area (Å²) in [5.41, 5.74) is 1.60. The molecular weight excluding hydrogens is 320 g/mol. The minimum atomic E-state index is -0.335. The summed E-state index contributed by atoms with van der Waals surface area (Å²) in [6.45, 7) is 5.56. The van der Waals surface area contributed by atoms with Gasteiger partial charge < -0.3 is 19.0 Å². The Bertz CT molecular complexity index is 986. The predicted molar refractivity (Wildman–Crippen MR) is 96.8 cm³/mol. The van der Waals surface area contributed by atoms with Crippen LogP contribution < -0.4 is 10.2 Å². The van der Waals surface area contributed by atoms with E-state index in [2.05, 4.69) is 6.58 Å². The van der Waals surface area contributed by atoms with Gasteiger partial charge in [-0.1, -0.05) is 36.9 Å². The Morgan fingerprint density at radius 3 is 2.60 bits per heavy atom. The van der Waals surface area contributed by atoms with Gasteiger partial charge in [0.05, 0.1) is 5.56 Å². The molecule has 3 rings (SSSR count). The van der Waals surface area contributed by atoms with E-state index in [1.807, 2.05) is 30.3 Å². The molecule has 1 N–H and O–H groups in total. The number of phenolic OH excluding ortho intramolecular Hbond substituents is 1. The number of fused-ring (bicyclic) bond motifs is 1. The highest BCUT2D eigenvalue weighted by Gasteiger charge is 2.19. The monoisotopic (exact) mass is 338 g/mol. The van der Waals surface area contributed by atoms with Gasteiger partial charge in [-0.05, 0) is 12.5 Å². The van der Waals surface area contributed by atoms with Gasteiger partial charge in [0.15, 0.2) is 12.2 Å². The fourth-order valence-electron chi connectivity index (χ4n) is 2.67. The third-order valence-corrected chi connectivity index (χ3v) is 3.77. The maximum Gasteiger partial charge on any atom is 0.197 e. The Morgan fingerprint density at radius 2 is 1.96 bits per heavy atom. The molecule has 5 heteroatoms. The largest absolute Gasteiger partial charge is 0.506 e. The van der Waals surface area contributed by atoms with Gasteiger partial charge in [0.1, 0.15) is 28.2 Å². The molecule has 0 aliphatic heterocycles. The second-order valence-corrected chi connectivity index (χ2v) is 5.64. The third-order valence-electron chi connectivity index (χ3n) is 3.77. The lowest BCUT2D eigenvalue weighted by Crippen LogP contribution is -2.05. The van der Waals surface area contributed by atoms with E-state index in [-0.39, 0.29) is 28.9 Å². The van der Waals surface area contributed by atoms with Crippen LogP contribution in [-0.2, 0) is 4.74 Å². The first kappa shape index (κ1) is 16.8. The molecule has 0 saturated heterocycles. The van der Waals surface area contributed by atoms with Crippen molar-refractivity contribution in [1.82, 2.24) is 0 Å². The summed E-state index contributed by atoms with van der Waals surface area (Å²) in [5, 5.41) is 10.7. The van der Waals surface area contributed by atoms with Crippen LogP contribution in [0.2, 0.25) is 0 Å². The van der Waals surface area contributed by atoms with Crippen molar-refractivity contribution >= 4 is 16.5 Å². The Morgan fingerprint density at radius 1 is 1.24 bits per heavy atom. The zero-order valence-corrected chi connectivity index (χ0v) is 14.0. The fraction of sp³-hybridized carbons (Fsp3) is 0.150. The zero-order valence-electron chi connectivity index (χ0n) is 14.0. The van der Waals surface area contributed by atoms with Crippen LogP contribution >= 0.6 is 0 Å². The highest BCUT2D eigenvalue weighted by atomic mass is 16.7. The van der Waals surface area contributed by atoms with Crippen molar-refractivity contribution in [3.63, 3.8) is 0 Å². The van der Waals surface area contributed by atoms with Crippen molar-refractivity contribution in [2.75, 3.05) is 13.9 Å². The van der Waals surface area contributed by atoms with Gasteiger partial charge in [0, 0.05) is 24.8 Å². The number of rotatable bonds is 5. The maximum absolute atomic E-state index is 12.6. The van der Waals surface area contributed by atoms with Crippen LogP contribution in [0.5, 0.6) is 11.5 Å². The van der Waals surface area contributed by atoms with E-state index in [9.17, 15) is 9.90 Å². The molecule has 2 aromatic carbocycles. The molecule has 0 amide bonds. The quantitative estimate of drug-likeness (QED) is 0.707. The molecule has 0 saturated carbocycles. The van der Waals surface area contributed by atoms with Crippen molar-refractivity contribution in [3.05, 3.63) is 64.8 Å². The van der Waals surface area contributed by atoms with Gasteiger partial charge in [-0.3, -0.25) is 4.79 Å². The van der Waals surface area contributed by atoms with Gasteiger partial charge in [-0.2, -0.15) is 0 Å². The molecule has 0 bridgehead atoms. The summed E-state index contributed by atoms with van der Waals surface area (Å²) in [5.74, 6) is 0.551. The van der Waals surface area contributed by atoms with Gasteiger partial charge in [-0.25, -0.2) is 0 Å². The molecule has 0 aliphatic rings. The number of allylic oxidation sites excluding steroid dienone is 1. The van der Waals surface area contributed by atoms with Crippen LogP contribution in [0.25, 0.3) is 27.9 Å². The van der Waals surface area contributed by atoms with Gasteiger partial charge in [0.2, 0.25) is 0 Å². The molecule has 0 aliphatic carbocycles. The average Bonchev–Trinajstić information content (AvgIpc) is 2.59. The highest BCUT2D eigenvalue weighted by Crippen LogP contribution is 2.39. The Balaban J connectivity index is 2.29. The van der Waals surface area contributed by atoms with Gasteiger partial charge in [-0.15, -0.1) is 0 Å². The summed E-state index contributed by atoms with van der Waals surface area (Å²) < 4.78 is 16.3. The first-order valence-electron chi connectivity index (χ1n) is 7.69. The van der Waals surface area contributed by atoms with Crippen LogP contribution in [0, 0.1) is 0 Å². The van der Waals surface area contributed by atoms with Gasteiger partial charge >= 0.3 is 0 Å². The molecule has 1 heterocycles.